The predicted molar refractivity (Wildman–Crippen MR) is 54.1 cm³/mol. The van der Waals surface area contributed by atoms with Crippen LogP contribution in [-0.4, -0.2) is 30.7 Å². The standard InChI is InChI=1S/C6H12BBrN3O2/c1-4(2-5(9)12)10-7-11-6(13)3-8/h4,10H,2-3H2,1H3,(H2,9,12)(H,11,13). The fraction of sp³-hybridized carbons (Fsp3) is 0.667. The van der Waals surface area contributed by atoms with E-state index in [0.29, 0.717) is 0 Å². The van der Waals surface area contributed by atoms with Crippen molar-refractivity contribution in [3.8, 4) is 0 Å². The lowest BCUT2D eigenvalue weighted by Gasteiger charge is -2.10. The molecular weight excluding hydrogens is 237 g/mol. The van der Waals surface area contributed by atoms with Gasteiger partial charge < -0.3 is 16.2 Å². The molecule has 0 aromatic carbocycles. The normalized spacial score (nSPS) is 11.8. The Morgan fingerprint density at radius 1 is 1.62 bits per heavy atom. The number of nitrogens with one attached hydrogen (secondary N) is 2. The average molecular weight is 249 g/mol. The first-order valence-electron chi connectivity index (χ1n) is 3.77. The van der Waals surface area contributed by atoms with Crippen LogP contribution in [0, 0.1) is 0 Å². The number of halogens is 1. The number of nitrogens with two attached hydrogens (primary N) is 1. The molecule has 0 aliphatic rings. The van der Waals surface area contributed by atoms with Gasteiger partial charge in [0.05, 0.1) is 5.33 Å². The van der Waals surface area contributed by atoms with Gasteiger partial charge in [-0.25, -0.2) is 0 Å². The summed E-state index contributed by atoms with van der Waals surface area (Å²) in [4.78, 5) is 21.1. The van der Waals surface area contributed by atoms with Crippen molar-refractivity contribution in [1.82, 2.24) is 10.5 Å². The summed E-state index contributed by atoms with van der Waals surface area (Å²) in [7, 11) is 1.40. The van der Waals surface area contributed by atoms with E-state index in [4.69, 9.17) is 5.73 Å². The highest BCUT2D eigenvalue weighted by Gasteiger charge is 2.06. The van der Waals surface area contributed by atoms with Crippen molar-refractivity contribution >= 4 is 35.3 Å². The van der Waals surface area contributed by atoms with E-state index in [9.17, 15) is 9.59 Å². The predicted octanol–water partition coefficient (Wildman–Crippen LogP) is -1.11. The molecule has 5 nitrogen and oxygen atoms in total. The van der Waals surface area contributed by atoms with Crippen LogP contribution in [0.15, 0.2) is 0 Å². The largest absolute Gasteiger partial charge is 0.387 e. The lowest BCUT2D eigenvalue weighted by molar-refractivity contribution is -0.118. The van der Waals surface area contributed by atoms with E-state index in [1.807, 2.05) is 0 Å². The third-order valence-corrected chi connectivity index (χ3v) is 1.74. The minimum Gasteiger partial charge on any atom is -0.387 e. The summed E-state index contributed by atoms with van der Waals surface area (Å²) in [5, 5.41) is 5.51. The second-order valence-electron chi connectivity index (χ2n) is 2.58. The third-order valence-electron chi connectivity index (χ3n) is 1.23. The summed E-state index contributed by atoms with van der Waals surface area (Å²) >= 11 is 2.99. The van der Waals surface area contributed by atoms with E-state index in [1.165, 1.54) is 7.55 Å². The van der Waals surface area contributed by atoms with Gasteiger partial charge in [-0.3, -0.25) is 9.59 Å². The van der Waals surface area contributed by atoms with Gasteiger partial charge in [-0.15, -0.1) is 0 Å². The summed E-state index contributed by atoms with van der Waals surface area (Å²) in [5.41, 5.74) is 4.96. The van der Waals surface area contributed by atoms with Crippen molar-refractivity contribution < 1.29 is 9.59 Å². The maximum Gasteiger partial charge on any atom is 0.348 e. The molecule has 0 rings (SSSR count). The fourth-order valence-electron chi connectivity index (χ4n) is 0.664. The maximum absolute atomic E-state index is 10.7. The Morgan fingerprint density at radius 3 is 2.69 bits per heavy atom. The Balaban J connectivity index is 3.42. The number of alkyl halides is 1. The molecular formula is C6H12BBrN3O2. The van der Waals surface area contributed by atoms with E-state index in [-0.39, 0.29) is 29.6 Å². The quantitative estimate of drug-likeness (QED) is 0.412. The van der Waals surface area contributed by atoms with E-state index in [1.54, 1.807) is 6.92 Å². The molecule has 1 atom stereocenters. The molecule has 1 radical (unpaired) electrons. The van der Waals surface area contributed by atoms with Gasteiger partial charge in [0, 0.05) is 12.5 Å². The number of hydrogen-bond donors (Lipinski definition) is 3. The van der Waals surface area contributed by atoms with Gasteiger partial charge >= 0.3 is 7.55 Å². The first kappa shape index (κ1) is 12.4. The number of carbonyl (C=O) groups is 2. The van der Waals surface area contributed by atoms with Gasteiger partial charge in [0.2, 0.25) is 11.8 Å². The van der Waals surface area contributed by atoms with Crippen molar-refractivity contribution in [1.29, 1.82) is 0 Å². The van der Waals surface area contributed by atoms with Gasteiger partial charge in [-0.1, -0.05) is 22.9 Å². The third kappa shape index (κ3) is 7.79. The Bertz CT molecular complexity index is 191. The van der Waals surface area contributed by atoms with Crippen LogP contribution in [0.25, 0.3) is 0 Å². The topological polar surface area (TPSA) is 84.2 Å². The van der Waals surface area contributed by atoms with Crippen LogP contribution in [0.5, 0.6) is 0 Å². The van der Waals surface area contributed by atoms with E-state index in [0.717, 1.165) is 0 Å². The number of carbonyl (C=O) groups excluding carboxylic acids is 2. The number of primary amides is 1. The number of rotatable bonds is 6. The van der Waals surface area contributed by atoms with Crippen LogP contribution >= 0.6 is 15.9 Å². The zero-order chi connectivity index (χ0) is 10.3. The minimum atomic E-state index is -0.375. The van der Waals surface area contributed by atoms with Crippen molar-refractivity contribution in [2.75, 3.05) is 5.33 Å². The molecule has 13 heavy (non-hydrogen) atoms. The number of hydrogen-bond acceptors (Lipinski definition) is 3. The van der Waals surface area contributed by atoms with Gasteiger partial charge in [-0.2, -0.15) is 0 Å². The lowest BCUT2D eigenvalue weighted by atomic mass is 10.1. The molecule has 1 unspecified atom stereocenters. The highest BCUT2D eigenvalue weighted by molar-refractivity contribution is 9.09. The maximum atomic E-state index is 10.7. The molecule has 0 aliphatic carbocycles. The van der Waals surface area contributed by atoms with E-state index < -0.39 is 0 Å². The molecule has 0 saturated carbocycles. The summed E-state index contributed by atoms with van der Waals surface area (Å²) in [6.45, 7) is 1.79. The van der Waals surface area contributed by atoms with Gasteiger partial charge in [-0.05, 0) is 0 Å². The van der Waals surface area contributed by atoms with Crippen LogP contribution in [0.1, 0.15) is 13.3 Å². The van der Waals surface area contributed by atoms with Crippen LogP contribution in [-0.2, 0) is 9.59 Å². The zero-order valence-corrected chi connectivity index (χ0v) is 8.93. The van der Waals surface area contributed by atoms with Crippen molar-refractivity contribution in [3.63, 3.8) is 0 Å². The Hall–Kier alpha value is -0.555. The van der Waals surface area contributed by atoms with Crippen LogP contribution in [0.2, 0.25) is 0 Å². The first-order chi connectivity index (χ1) is 6.06. The fourth-order valence-corrected chi connectivity index (χ4v) is 0.826. The molecule has 4 N–H and O–H groups in total. The SMILES string of the molecule is CC(CC(N)=O)N[B]NC(=O)CBr. The summed E-state index contributed by atoms with van der Waals surface area (Å²) < 4.78 is 0. The molecule has 2 amide bonds. The average Bonchev–Trinajstić information content (AvgIpc) is 2.02. The molecule has 0 aromatic heterocycles. The molecule has 0 aliphatic heterocycles. The highest BCUT2D eigenvalue weighted by atomic mass is 79.9. The zero-order valence-electron chi connectivity index (χ0n) is 7.34. The summed E-state index contributed by atoms with van der Waals surface area (Å²) in [6, 6.07) is -0.0758. The molecule has 0 bridgehead atoms. The van der Waals surface area contributed by atoms with Crippen molar-refractivity contribution in [2.45, 2.75) is 19.4 Å². The van der Waals surface area contributed by atoms with E-state index in [2.05, 4.69) is 26.4 Å². The summed E-state index contributed by atoms with van der Waals surface area (Å²) in [5.74, 6) is -0.529. The molecule has 0 spiro atoms. The second-order valence-corrected chi connectivity index (χ2v) is 3.14. The second kappa shape index (κ2) is 6.91. The molecule has 0 saturated heterocycles. The first-order valence-corrected chi connectivity index (χ1v) is 4.89. The number of amides is 2. The van der Waals surface area contributed by atoms with Crippen LogP contribution in [0.4, 0.5) is 0 Å². The highest BCUT2D eigenvalue weighted by Crippen LogP contribution is 1.86. The van der Waals surface area contributed by atoms with E-state index >= 15 is 0 Å². The molecule has 0 fully saturated rings. The smallest absolute Gasteiger partial charge is 0.348 e. The molecule has 73 valence electrons. The van der Waals surface area contributed by atoms with Crippen LogP contribution < -0.4 is 16.2 Å². The Morgan fingerprint density at radius 2 is 2.23 bits per heavy atom. The minimum absolute atomic E-state index is 0.0758. The Labute approximate surface area is 86.2 Å². The van der Waals surface area contributed by atoms with Gasteiger partial charge in [0.25, 0.3) is 0 Å². The van der Waals surface area contributed by atoms with Gasteiger partial charge in [0.1, 0.15) is 0 Å². The molecule has 0 heterocycles. The van der Waals surface area contributed by atoms with Crippen LogP contribution in [0.3, 0.4) is 0 Å². The lowest BCUT2D eigenvalue weighted by Crippen LogP contribution is -2.43. The molecule has 7 heteroatoms. The Kier molecular flexibility index (Phi) is 6.61. The van der Waals surface area contributed by atoms with Crippen molar-refractivity contribution in [2.24, 2.45) is 5.73 Å². The molecule has 0 aromatic rings. The summed E-state index contributed by atoms with van der Waals surface area (Å²) in [6.07, 6.45) is 0.237. The monoisotopic (exact) mass is 248 g/mol. The van der Waals surface area contributed by atoms with Crippen molar-refractivity contribution in [3.05, 3.63) is 0 Å². The van der Waals surface area contributed by atoms with Gasteiger partial charge in [0.15, 0.2) is 0 Å².